The predicted molar refractivity (Wildman–Crippen MR) is 103 cm³/mol. The molecular weight excluding hydrogens is 336 g/mol. The minimum atomic E-state index is -0.465. The first kappa shape index (κ1) is 17.9. The van der Waals surface area contributed by atoms with E-state index in [0.717, 1.165) is 17.5 Å². The summed E-state index contributed by atoms with van der Waals surface area (Å²) in [5.74, 6) is 0. The van der Waals surface area contributed by atoms with Gasteiger partial charge in [-0.05, 0) is 69.4 Å². The highest BCUT2D eigenvalue weighted by molar-refractivity contribution is 6.31. The second-order valence-corrected chi connectivity index (χ2v) is 8.01. The lowest BCUT2D eigenvalue weighted by Gasteiger charge is -2.30. The van der Waals surface area contributed by atoms with E-state index in [1.165, 1.54) is 22.1 Å². The Kier molecular flexibility index (Phi) is 4.58. The largest absolute Gasteiger partial charge is 0.444 e. The van der Waals surface area contributed by atoms with E-state index in [-0.39, 0.29) is 6.09 Å². The van der Waals surface area contributed by atoms with Crippen LogP contribution in [0, 0.1) is 13.8 Å². The van der Waals surface area contributed by atoms with Crippen LogP contribution in [0.5, 0.6) is 0 Å². The van der Waals surface area contributed by atoms with Crippen LogP contribution in [-0.2, 0) is 4.74 Å². The smallest absolute Gasteiger partial charge is 0.410 e. The predicted octanol–water partition coefficient (Wildman–Crippen LogP) is 5.46. The van der Waals surface area contributed by atoms with Crippen LogP contribution in [0.4, 0.5) is 4.79 Å². The summed E-state index contributed by atoms with van der Waals surface area (Å²) >= 11 is 6.24. The maximum atomic E-state index is 12.2. The van der Waals surface area contributed by atoms with Gasteiger partial charge in [0, 0.05) is 24.0 Å². The van der Waals surface area contributed by atoms with Crippen molar-refractivity contribution in [2.45, 2.75) is 46.6 Å². The Bertz CT molecular complexity index is 859. The average Bonchev–Trinajstić information content (AvgIpc) is 2.82. The Hall–Kier alpha value is -1.94. The number of amides is 1. The molecule has 1 aliphatic rings. The van der Waals surface area contributed by atoms with Gasteiger partial charge in [0.2, 0.25) is 0 Å². The fourth-order valence-electron chi connectivity index (χ4n) is 3.37. The third kappa shape index (κ3) is 3.54. The van der Waals surface area contributed by atoms with Gasteiger partial charge >= 0.3 is 6.09 Å². The van der Waals surface area contributed by atoms with Crippen molar-refractivity contribution in [1.82, 2.24) is 9.88 Å². The number of carbonyl (C=O) groups is 1. The molecule has 0 saturated carbocycles. The number of fused-ring (bicyclic) bond motifs is 1. The van der Waals surface area contributed by atoms with E-state index in [1.54, 1.807) is 4.90 Å². The first-order chi connectivity index (χ1) is 11.7. The summed E-state index contributed by atoms with van der Waals surface area (Å²) in [6, 6.07) is 4.22. The SMILES string of the molecule is Cc1c(C2=CCN(C(=O)OC(C)(C)C)CC2)ccc2[nH]c(Cl)c(C)c12. The number of carbonyl (C=O) groups excluding carboxylic acids is 1. The van der Waals surface area contributed by atoms with Gasteiger partial charge in [-0.3, -0.25) is 0 Å². The van der Waals surface area contributed by atoms with Crippen LogP contribution in [0.1, 0.15) is 43.9 Å². The number of nitrogens with zero attached hydrogens (tertiary/aromatic N) is 1. The lowest BCUT2D eigenvalue weighted by atomic mass is 9.93. The van der Waals surface area contributed by atoms with Gasteiger partial charge in [0.05, 0.1) is 0 Å². The van der Waals surface area contributed by atoms with Crippen LogP contribution in [0.15, 0.2) is 18.2 Å². The molecule has 1 amide bonds. The molecule has 0 atom stereocenters. The van der Waals surface area contributed by atoms with Gasteiger partial charge in [0.1, 0.15) is 10.8 Å². The fraction of sp³-hybridized carbons (Fsp3) is 0.450. The molecule has 1 aliphatic heterocycles. The van der Waals surface area contributed by atoms with Crippen LogP contribution in [0.25, 0.3) is 16.5 Å². The van der Waals surface area contributed by atoms with Crippen molar-refractivity contribution < 1.29 is 9.53 Å². The second-order valence-electron chi connectivity index (χ2n) is 7.63. The van der Waals surface area contributed by atoms with Crippen molar-refractivity contribution in [3.63, 3.8) is 0 Å². The first-order valence-corrected chi connectivity index (χ1v) is 9.00. The molecule has 2 heterocycles. The molecule has 3 rings (SSSR count). The van der Waals surface area contributed by atoms with Gasteiger partial charge in [-0.2, -0.15) is 0 Å². The number of aromatic nitrogens is 1. The first-order valence-electron chi connectivity index (χ1n) is 8.62. The number of H-pyrrole nitrogens is 1. The minimum absolute atomic E-state index is 0.247. The molecule has 2 aromatic rings. The average molecular weight is 361 g/mol. The van der Waals surface area contributed by atoms with Gasteiger partial charge in [-0.15, -0.1) is 0 Å². The Balaban J connectivity index is 1.85. The molecule has 1 N–H and O–H groups in total. The number of hydrogen-bond acceptors (Lipinski definition) is 2. The zero-order valence-electron chi connectivity index (χ0n) is 15.5. The molecule has 25 heavy (non-hydrogen) atoms. The van der Waals surface area contributed by atoms with Crippen molar-refractivity contribution in [3.8, 4) is 0 Å². The minimum Gasteiger partial charge on any atom is -0.444 e. The molecule has 0 aliphatic carbocycles. The maximum Gasteiger partial charge on any atom is 0.410 e. The molecule has 0 radical (unpaired) electrons. The molecule has 0 saturated heterocycles. The molecule has 0 fully saturated rings. The highest BCUT2D eigenvalue weighted by Gasteiger charge is 2.24. The number of hydrogen-bond donors (Lipinski definition) is 1. The van der Waals surface area contributed by atoms with E-state index in [2.05, 4.69) is 30.1 Å². The number of halogens is 1. The summed E-state index contributed by atoms with van der Waals surface area (Å²) in [6.07, 6.45) is 2.71. The number of ether oxygens (including phenoxy) is 1. The molecule has 1 aromatic carbocycles. The zero-order valence-corrected chi connectivity index (χ0v) is 16.3. The van der Waals surface area contributed by atoms with Crippen LogP contribution >= 0.6 is 11.6 Å². The van der Waals surface area contributed by atoms with E-state index >= 15 is 0 Å². The molecule has 5 heteroatoms. The molecule has 4 nitrogen and oxygen atoms in total. The summed E-state index contributed by atoms with van der Waals surface area (Å²) in [6.45, 7) is 11.1. The van der Waals surface area contributed by atoms with Crippen molar-refractivity contribution in [3.05, 3.63) is 40.1 Å². The number of benzene rings is 1. The van der Waals surface area contributed by atoms with Crippen molar-refractivity contribution in [1.29, 1.82) is 0 Å². The maximum absolute atomic E-state index is 12.2. The summed E-state index contributed by atoms with van der Waals surface area (Å²) in [4.78, 5) is 17.2. The number of aromatic amines is 1. The zero-order chi connectivity index (χ0) is 18.4. The Morgan fingerprint density at radius 3 is 2.56 bits per heavy atom. The summed E-state index contributed by atoms with van der Waals surface area (Å²) < 4.78 is 5.46. The van der Waals surface area contributed by atoms with Crippen molar-refractivity contribution in [2.75, 3.05) is 13.1 Å². The molecule has 0 bridgehead atoms. The van der Waals surface area contributed by atoms with E-state index in [1.807, 2.05) is 27.7 Å². The van der Waals surface area contributed by atoms with Crippen LogP contribution in [0.2, 0.25) is 5.15 Å². The van der Waals surface area contributed by atoms with Crippen LogP contribution in [0.3, 0.4) is 0 Å². The fourth-order valence-corrected chi connectivity index (χ4v) is 3.57. The normalized spacial score (nSPS) is 15.4. The lowest BCUT2D eigenvalue weighted by molar-refractivity contribution is 0.0270. The Morgan fingerprint density at radius 2 is 1.96 bits per heavy atom. The topological polar surface area (TPSA) is 45.3 Å². The second kappa shape index (κ2) is 6.41. The van der Waals surface area contributed by atoms with Gasteiger partial charge in [-0.25, -0.2) is 4.79 Å². The van der Waals surface area contributed by atoms with Crippen molar-refractivity contribution >= 4 is 34.2 Å². The van der Waals surface area contributed by atoms with E-state index in [0.29, 0.717) is 18.2 Å². The summed E-state index contributed by atoms with van der Waals surface area (Å²) in [5.41, 5.74) is 5.42. The standard InChI is InChI=1S/C20H25ClN2O2/c1-12-15(6-7-16-17(12)13(2)18(21)22-16)14-8-10-23(11-9-14)19(24)25-20(3,4)5/h6-8,22H,9-11H2,1-5H3. The third-order valence-corrected chi connectivity index (χ3v) is 5.00. The highest BCUT2D eigenvalue weighted by atomic mass is 35.5. The molecule has 0 unspecified atom stereocenters. The van der Waals surface area contributed by atoms with E-state index < -0.39 is 5.60 Å². The molecular formula is C20H25ClN2O2. The molecule has 134 valence electrons. The van der Waals surface area contributed by atoms with Gasteiger partial charge < -0.3 is 14.6 Å². The summed E-state index contributed by atoms with van der Waals surface area (Å²) in [5, 5.41) is 1.89. The van der Waals surface area contributed by atoms with Crippen LogP contribution in [-0.4, -0.2) is 34.7 Å². The number of aryl methyl sites for hydroxylation is 2. The van der Waals surface area contributed by atoms with Crippen molar-refractivity contribution in [2.24, 2.45) is 0 Å². The summed E-state index contributed by atoms with van der Waals surface area (Å²) in [7, 11) is 0. The third-order valence-electron chi connectivity index (χ3n) is 4.62. The monoisotopic (exact) mass is 360 g/mol. The van der Waals surface area contributed by atoms with Gasteiger partial charge in [0.15, 0.2) is 0 Å². The molecule has 1 aromatic heterocycles. The molecule has 0 spiro atoms. The Labute approximate surface area is 153 Å². The van der Waals surface area contributed by atoms with Crippen LogP contribution < -0.4 is 0 Å². The highest BCUT2D eigenvalue weighted by Crippen LogP contribution is 2.34. The van der Waals surface area contributed by atoms with Gasteiger partial charge in [-0.1, -0.05) is 23.7 Å². The van der Waals surface area contributed by atoms with E-state index in [4.69, 9.17) is 16.3 Å². The quantitative estimate of drug-likeness (QED) is 0.733. The Morgan fingerprint density at radius 1 is 1.24 bits per heavy atom. The lowest BCUT2D eigenvalue weighted by Crippen LogP contribution is -2.39. The number of rotatable bonds is 1. The number of nitrogens with one attached hydrogen (secondary N) is 1. The van der Waals surface area contributed by atoms with Gasteiger partial charge in [0.25, 0.3) is 0 Å². The van der Waals surface area contributed by atoms with E-state index in [9.17, 15) is 4.79 Å².